The van der Waals surface area contributed by atoms with Gasteiger partial charge in [0.2, 0.25) is 0 Å². The minimum absolute atomic E-state index is 0.0825. The minimum atomic E-state index is -0.838. The van der Waals surface area contributed by atoms with Crippen LogP contribution in [-0.2, 0) is 0 Å². The van der Waals surface area contributed by atoms with Gasteiger partial charge in [0.15, 0.2) is 11.0 Å². The van der Waals surface area contributed by atoms with Crippen LogP contribution in [0.5, 0.6) is 6.01 Å². The number of anilines is 1. The Bertz CT molecular complexity index is 881. The SMILES string of the molecule is CCN(CC)c1nc(OCC23CCCN2C[C@H](F)C3)nc2c(F)c(Cl)ncc12. The first-order valence-corrected chi connectivity index (χ1v) is 10.1. The first-order valence-electron chi connectivity index (χ1n) is 9.76. The van der Waals surface area contributed by atoms with E-state index < -0.39 is 12.0 Å². The van der Waals surface area contributed by atoms with E-state index in [0.29, 0.717) is 37.3 Å². The molecule has 0 N–H and O–H groups in total. The van der Waals surface area contributed by atoms with Crippen molar-refractivity contribution in [3.8, 4) is 6.01 Å². The van der Waals surface area contributed by atoms with Crippen LogP contribution in [0.15, 0.2) is 6.20 Å². The maximum atomic E-state index is 14.6. The van der Waals surface area contributed by atoms with E-state index in [2.05, 4.69) is 19.9 Å². The van der Waals surface area contributed by atoms with Crippen molar-refractivity contribution in [3.63, 3.8) is 0 Å². The molecule has 152 valence electrons. The molecule has 0 amide bonds. The molecule has 4 rings (SSSR count). The average molecular weight is 412 g/mol. The van der Waals surface area contributed by atoms with E-state index in [1.807, 2.05) is 18.7 Å². The third kappa shape index (κ3) is 3.26. The molecule has 2 aromatic rings. The highest BCUT2D eigenvalue weighted by molar-refractivity contribution is 6.30. The normalized spacial score (nSPS) is 24.7. The molecular weight excluding hydrogens is 388 g/mol. The predicted molar refractivity (Wildman–Crippen MR) is 104 cm³/mol. The summed E-state index contributed by atoms with van der Waals surface area (Å²) in [4.78, 5) is 16.8. The van der Waals surface area contributed by atoms with E-state index in [-0.39, 0.29) is 28.8 Å². The molecule has 2 aliphatic heterocycles. The topological polar surface area (TPSA) is 54.4 Å². The Hall–Kier alpha value is -1.80. The van der Waals surface area contributed by atoms with Gasteiger partial charge >= 0.3 is 6.01 Å². The van der Waals surface area contributed by atoms with E-state index >= 15 is 0 Å². The second-order valence-electron chi connectivity index (χ2n) is 7.49. The second kappa shape index (κ2) is 7.55. The Balaban J connectivity index is 1.70. The summed E-state index contributed by atoms with van der Waals surface area (Å²) < 4.78 is 34.5. The third-order valence-corrected chi connectivity index (χ3v) is 6.16. The fraction of sp³-hybridized carbons (Fsp3) is 0.632. The summed E-state index contributed by atoms with van der Waals surface area (Å²) in [6.45, 7) is 6.98. The Morgan fingerprint density at radius 1 is 1.36 bits per heavy atom. The van der Waals surface area contributed by atoms with Gasteiger partial charge in [0, 0.05) is 32.3 Å². The minimum Gasteiger partial charge on any atom is -0.461 e. The monoisotopic (exact) mass is 411 g/mol. The lowest BCUT2D eigenvalue weighted by atomic mass is 9.95. The van der Waals surface area contributed by atoms with Crippen molar-refractivity contribution in [1.29, 1.82) is 0 Å². The molecule has 4 heterocycles. The summed E-state index contributed by atoms with van der Waals surface area (Å²) in [7, 11) is 0. The van der Waals surface area contributed by atoms with Gasteiger partial charge in [-0.3, -0.25) is 4.90 Å². The highest BCUT2D eigenvalue weighted by Gasteiger charge is 2.49. The zero-order valence-electron chi connectivity index (χ0n) is 16.1. The highest BCUT2D eigenvalue weighted by atomic mass is 35.5. The van der Waals surface area contributed by atoms with Crippen LogP contribution >= 0.6 is 11.6 Å². The van der Waals surface area contributed by atoms with Gasteiger partial charge in [-0.05, 0) is 33.2 Å². The molecule has 0 radical (unpaired) electrons. The molecule has 0 bridgehead atoms. The number of ether oxygens (including phenoxy) is 1. The van der Waals surface area contributed by atoms with Crippen molar-refractivity contribution in [1.82, 2.24) is 19.9 Å². The van der Waals surface area contributed by atoms with E-state index in [9.17, 15) is 8.78 Å². The maximum Gasteiger partial charge on any atom is 0.319 e. The van der Waals surface area contributed by atoms with Crippen LogP contribution in [0.3, 0.4) is 0 Å². The molecule has 9 heteroatoms. The van der Waals surface area contributed by atoms with Gasteiger partial charge in [0.25, 0.3) is 0 Å². The van der Waals surface area contributed by atoms with Gasteiger partial charge in [0.1, 0.15) is 24.1 Å². The van der Waals surface area contributed by atoms with Crippen LogP contribution in [0.2, 0.25) is 5.15 Å². The van der Waals surface area contributed by atoms with E-state index in [1.165, 1.54) is 6.20 Å². The summed E-state index contributed by atoms with van der Waals surface area (Å²) >= 11 is 5.86. The summed E-state index contributed by atoms with van der Waals surface area (Å²) in [5.74, 6) is -0.131. The smallest absolute Gasteiger partial charge is 0.319 e. The number of hydrogen-bond donors (Lipinski definition) is 0. The molecule has 0 aromatic carbocycles. The van der Waals surface area contributed by atoms with Gasteiger partial charge in [0.05, 0.1) is 10.9 Å². The number of fused-ring (bicyclic) bond motifs is 2. The number of alkyl halides is 1. The molecule has 6 nitrogen and oxygen atoms in total. The third-order valence-electron chi connectivity index (χ3n) is 5.89. The fourth-order valence-corrected chi connectivity index (χ4v) is 4.61. The van der Waals surface area contributed by atoms with Crippen LogP contribution in [-0.4, -0.2) is 64.3 Å². The van der Waals surface area contributed by atoms with Gasteiger partial charge in [-0.15, -0.1) is 0 Å². The molecule has 2 atom stereocenters. The summed E-state index contributed by atoms with van der Waals surface area (Å²) in [5, 5.41) is 0.252. The first-order chi connectivity index (χ1) is 13.5. The number of pyridine rings is 1. The molecule has 0 aliphatic carbocycles. The molecule has 1 unspecified atom stereocenters. The van der Waals surface area contributed by atoms with Crippen LogP contribution in [0.1, 0.15) is 33.1 Å². The molecule has 28 heavy (non-hydrogen) atoms. The van der Waals surface area contributed by atoms with Crippen molar-refractivity contribution in [3.05, 3.63) is 17.2 Å². The van der Waals surface area contributed by atoms with Crippen LogP contribution in [0.4, 0.5) is 14.6 Å². The zero-order chi connectivity index (χ0) is 19.9. The molecule has 0 saturated carbocycles. The average Bonchev–Trinajstić information content (AvgIpc) is 3.20. The van der Waals surface area contributed by atoms with Gasteiger partial charge in [-0.2, -0.15) is 9.97 Å². The van der Waals surface area contributed by atoms with Crippen molar-refractivity contribution < 1.29 is 13.5 Å². The fourth-order valence-electron chi connectivity index (χ4n) is 4.48. The summed E-state index contributed by atoms with van der Waals surface area (Å²) in [5.41, 5.74) is -0.232. The molecule has 2 aromatic heterocycles. The first kappa shape index (κ1) is 19.5. The number of aromatic nitrogens is 3. The molecule has 2 fully saturated rings. The number of hydrogen-bond acceptors (Lipinski definition) is 6. The van der Waals surface area contributed by atoms with Crippen molar-refractivity contribution >= 4 is 28.3 Å². The highest BCUT2D eigenvalue weighted by Crippen LogP contribution is 2.40. The largest absolute Gasteiger partial charge is 0.461 e. The summed E-state index contributed by atoms with van der Waals surface area (Å²) in [6.07, 6.45) is 3.01. The van der Waals surface area contributed by atoms with Gasteiger partial charge < -0.3 is 9.64 Å². The Morgan fingerprint density at radius 3 is 2.89 bits per heavy atom. The summed E-state index contributed by atoms with van der Waals surface area (Å²) in [6, 6.07) is 0.0825. The molecule has 0 spiro atoms. The second-order valence-corrected chi connectivity index (χ2v) is 7.85. The van der Waals surface area contributed by atoms with E-state index in [1.54, 1.807) is 0 Å². The maximum absolute atomic E-state index is 14.6. The van der Waals surface area contributed by atoms with Gasteiger partial charge in [-0.25, -0.2) is 13.8 Å². The predicted octanol–water partition coefficient (Wildman–Crippen LogP) is 3.62. The van der Waals surface area contributed by atoms with Crippen LogP contribution < -0.4 is 9.64 Å². The Morgan fingerprint density at radius 2 is 2.14 bits per heavy atom. The Kier molecular flexibility index (Phi) is 5.26. The lowest BCUT2D eigenvalue weighted by Gasteiger charge is -2.31. The number of rotatable bonds is 6. The van der Waals surface area contributed by atoms with Crippen molar-refractivity contribution in [2.45, 2.75) is 44.8 Å². The molecule has 2 saturated heterocycles. The van der Waals surface area contributed by atoms with Crippen molar-refractivity contribution in [2.24, 2.45) is 0 Å². The van der Waals surface area contributed by atoms with Crippen molar-refractivity contribution in [2.75, 3.05) is 37.7 Å². The molecule has 2 aliphatic rings. The lowest BCUT2D eigenvalue weighted by molar-refractivity contribution is 0.107. The zero-order valence-corrected chi connectivity index (χ0v) is 16.8. The van der Waals surface area contributed by atoms with Crippen LogP contribution in [0, 0.1) is 5.82 Å². The number of nitrogens with zero attached hydrogens (tertiary/aromatic N) is 5. The van der Waals surface area contributed by atoms with Gasteiger partial charge in [-0.1, -0.05) is 11.6 Å². The van der Waals surface area contributed by atoms with E-state index in [0.717, 1.165) is 19.4 Å². The number of halogens is 3. The quantitative estimate of drug-likeness (QED) is 0.677. The van der Waals surface area contributed by atoms with E-state index in [4.69, 9.17) is 16.3 Å². The lowest BCUT2D eigenvalue weighted by Crippen LogP contribution is -2.43. The standard InChI is InChI=1S/C19H24ClF2N5O/c1-3-26(4-2)17-13-9-23-16(20)14(22)15(13)24-18(25-17)28-11-19-6-5-7-27(19)10-12(21)8-19/h9,12H,3-8,10-11H2,1-2H3/t12-,19?/m1/s1. The van der Waals surface area contributed by atoms with Crippen LogP contribution in [0.25, 0.3) is 10.9 Å². The molecular formula is C19H24ClF2N5O. The Labute approximate surface area is 167 Å².